The van der Waals surface area contributed by atoms with Crippen molar-refractivity contribution in [3.8, 4) is 17.2 Å². The van der Waals surface area contributed by atoms with E-state index in [9.17, 15) is 4.79 Å². The Kier molecular flexibility index (Phi) is 6.17. The third-order valence-corrected chi connectivity index (χ3v) is 3.57. The van der Waals surface area contributed by atoms with Crippen LogP contribution in [-0.2, 0) is 4.79 Å². The van der Waals surface area contributed by atoms with Crippen LogP contribution < -0.4 is 19.5 Å². The predicted octanol–water partition coefficient (Wildman–Crippen LogP) is 4.42. The second-order valence-corrected chi connectivity index (χ2v) is 5.83. The number of carbonyl (C=O) groups is 1. The van der Waals surface area contributed by atoms with E-state index in [-0.39, 0.29) is 5.91 Å². The zero-order valence-corrected chi connectivity index (χ0v) is 14.9. The van der Waals surface area contributed by atoms with Crippen LogP contribution in [0.5, 0.6) is 17.2 Å². The Labute approximate surface area is 150 Å². The molecule has 128 valence electrons. The van der Waals surface area contributed by atoms with Gasteiger partial charge in [0.2, 0.25) is 0 Å². The number of carbonyl (C=O) groups excluding carboxylic acids is 1. The van der Waals surface area contributed by atoms with Crippen LogP contribution >= 0.6 is 23.2 Å². The van der Waals surface area contributed by atoms with Gasteiger partial charge in [-0.05, 0) is 25.1 Å². The number of hydrogen-bond donors (Lipinski definition) is 1. The van der Waals surface area contributed by atoms with Gasteiger partial charge in [0.25, 0.3) is 5.91 Å². The van der Waals surface area contributed by atoms with Crippen LogP contribution in [0.1, 0.15) is 6.92 Å². The summed E-state index contributed by atoms with van der Waals surface area (Å²) in [6.45, 7) is 1.63. The Balaban J connectivity index is 2.08. The summed E-state index contributed by atoms with van der Waals surface area (Å²) in [5.74, 6) is 1.22. The molecule has 0 saturated heterocycles. The Morgan fingerprint density at radius 3 is 1.96 bits per heavy atom. The van der Waals surface area contributed by atoms with Crippen molar-refractivity contribution in [2.45, 2.75) is 13.0 Å². The summed E-state index contributed by atoms with van der Waals surface area (Å²) in [6, 6.07) is 9.84. The van der Waals surface area contributed by atoms with Gasteiger partial charge >= 0.3 is 0 Å². The zero-order chi connectivity index (χ0) is 17.7. The number of anilines is 1. The lowest BCUT2D eigenvalue weighted by molar-refractivity contribution is -0.122. The quantitative estimate of drug-likeness (QED) is 0.818. The van der Waals surface area contributed by atoms with Crippen molar-refractivity contribution in [1.82, 2.24) is 0 Å². The normalized spacial score (nSPS) is 11.5. The molecule has 1 unspecified atom stereocenters. The number of halogens is 2. The second kappa shape index (κ2) is 8.13. The summed E-state index contributed by atoms with van der Waals surface area (Å²) < 4.78 is 15.9. The summed E-state index contributed by atoms with van der Waals surface area (Å²) in [6.07, 6.45) is -0.753. The molecule has 0 aliphatic carbocycles. The molecule has 0 spiro atoms. The smallest absolute Gasteiger partial charge is 0.265 e. The molecule has 5 nitrogen and oxygen atoms in total. The van der Waals surface area contributed by atoms with Gasteiger partial charge in [0, 0.05) is 33.9 Å². The fourth-order valence-corrected chi connectivity index (χ4v) is 2.48. The average Bonchev–Trinajstić information content (AvgIpc) is 2.53. The lowest BCUT2D eigenvalue weighted by Crippen LogP contribution is -2.30. The summed E-state index contributed by atoms with van der Waals surface area (Å²) >= 11 is 11.8. The number of benzene rings is 2. The lowest BCUT2D eigenvalue weighted by atomic mass is 10.2. The second-order valence-electron chi connectivity index (χ2n) is 4.96. The molecule has 0 bridgehead atoms. The van der Waals surface area contributed by atoms with Crippen molar-refractivity contribution in [2.24, 2.45) is 0 Å². The fraction of sp³-hybridized carbons (Fsp3) is 0.235. The molecule has 2 rings (SSSR count). The maximum atomic E-state index is 12.3. The molecular formula is C17H17Cl2NO4. The maximum Gasteiger partial charge on any atom is 0.265 e. The Morgan fingerprint density at radius 1 is 0.917 bits per heavy atom. The highest BCUT2D eigenvalue weighted by molar-refractivity contribution is 6.34. The first-order chi connectivity index (χ1) is 11.4. The monoisotopic (exact) mass is 369 g/mol. The fourth-order valence-electron chi connectivity index (χ4n) is 1.98. The van der Waals surface area contributed by atoms with Crippen molar-refractivity contribution < 1.29 is 19.0 Å². The summed E-state index contributed by atoms with van der Waals surface area (Å²) in [7, 11) is 3.07. The number of ether oxygens (including phenoxy) is 3. The minimum absolute atomic E-state index is 0.332. The first-order valence-electron chi connectivity index (χ1n) is 7.08. The van der Waals surface area contributed by atoms with E-state index >= 15 is 0 Å². The summed E-state index contributed by atoms with van der Waals surface area (Å²) in [5.41, 5.74) is 0.538. The van der Waals surface area contributed by atoms with Gasteiger partial charge in [-0.3, -0.25) is 4.79 Å². The Morgan fingerprint density at radius 2 is 1.46 bits per heavy atom. The van der Waals surface area contributed by atoms with Gasteiger partial charge in [-0.15, -0.1) is 0 Å². The standard InChI is InChI=1S/C17H17Cl2NO4/c1-10(24-16-5-11(18)4-12(19)6-16)17(21)20-13-7-14(22-2)9-15(8-13)23-3/h4-10H,1-3H3,(H,20,21). The molecule has 0 saturated carbocycles. The third-order valence-electron chi connectivity index (χ3n) is 3.14. The molecule has 24 heavy (non-hydrogen) atoms. The number of amides is 1. The molecule has 0 radical (unpaired) electrons. The minimum Gasteiger partial charge on any atom is -0.497 e. The van der Waals surface area contributed by atoms with E-state index in [1.54, 1.807) is 43.3 Å². The van der Waals surface area contributed by atoms with Crippen molar-refractivity contribution in [3.05, 3.63) is 46.4 Å². The van der Waals surface area contributed by atoms with Crippen LogP contribution in [0.2, 0.25) is 10.0 Å². The van der Waals surface area contributed by atoms with E-state index in [0.29, 0.717) is 33.0 Å². The number of methoxy groups -OCH3 is 2. The van der Waals surface area contributed by atoms with Gasteiger partial charge in [0.05, 0.1) is 14.2 Å². The third kappa shape index (κ3) is 4.94. The minimum atomic E-state index is -0.753. The first kappa shape index (κ1) is 18.2. The van der Waals surface area contributed by atoms with E-state index in [1.165, 1.54) is 14.2 Å². The molecule has 2 aromatic carbocycles. The van der Waals surface area contributed by atoms with Crippen LogP contribution in [0.25, 0.3) is 0 Å². The zero-order valence-electron chi connectivity index (χ0n) is 13.4. The van der Waals surface area contributed by atoms with Crippen molar-refractivity contribution in [1.29, 1.82) is 0 Å². The van der Waals surface area contributed by atoms with E-state index in [1.807, 2.05) is 0 Å². The Bertz CT molecular complexity index is 694. The van der Waals surface area contributed by atoms with Gasteiger partial charge in [-0.2, -0.15) is 0 Å². The summed E-state index contributed by atoms with van der Waals surface area (Å²) in [4.78, 5) is 12.3. The van der Waals surface area contributed by atoms with Gasteiger partial charge in [0.15, 0.2) is 6.10 Å². The van der Waals surface area contributed by atoms with Gasteiger partial charge < -0.3 is 19.5 Å². The van der Waals surface area contributed by atoms with Gasteiger partial charge in [-0.1, -0.05) is 23.2 Å². The predicted molar refractivity (Wildman–Crippen MR) is 94.7 cm³/mol. The van der Waals surface area contributed by atoms with Gasteiger partial charge in [0.1, 0.15) is 17.2 Å². The molecule has 1 amide bonds. The number of rotatable bonds is 6. The molecule has 1 N–H and O–H groups in total. The van der Waals surface area contributed by atoms with Crippen molar-refractivity contribution in [2.75, 3.05) is 19.5 Å². The molecular weight excluding hydrogens is 353 g/mol. The molecule has 2 aromatic rings. The highest BCUT2D eigenvalue weighted by Crippen LogP contribution is 2.27. The van der Waals surface area contributed by atoms with E-state index in [0.717, 1.165) is 0 Å². The van der Waals surface area contributed by atoms with Crippen LogP contribution in [0.4, 0.5) is 5.69 Å². The molecule has 0 aliphatic heterocycles. The number of nitrogens with one attached hydrogen (secondary N) is 1. The topological polar surface area (TPSA) is 56.8 Å². The molecule has 1 atom stereocenters. The van der Waals surface area contributed by atoms with E-state index < -0.39 is 6.10 Å². The number of hydrogen-bond acceptors (Lipinski definition) is 4. The molecule has 0 aromatic heterocycles. The molecule has 7 heteroatoms. The van der Waals surface area contributed by atoms with Crippen molar-refractivity contribution >= 4 is 34.8 Å². The van der Waals surface area contributed by atoms with Crippen LogP contribution in [-0.4, -0.2) is 26.2 Å². The van der Waals surface area contributed by atoms with E-state index in [2.05, 4.69) is 5.32 Å². The van der Waals surface area contributed by atoms with Crippen molar-refractivity contribution in [3.63, 3.8) is 0 Å². The average molecular weight is 370 g/mol. The molecule has 0 heterocycles. The molecule has 0 aliphatic rings. The van der Waals surface area contributed by atoms with Crippen LogP contribution in [0.3, 0.4) is 0 Å². The first-order valence-corrected chi connectivity index (χ1v) is 7.83. The largest absolute Gasteiger partial charge is 0.497 e. The Hall–Kier alpha value is -2.11. The van der Waals surface area contributed by atoms with Crippen LogP contribution in [0.15, 0.2) is 36.4 Å². The highest BCUT2D eigenvalue weighted by atomic mass is 35.5. The van der Waals surface area contributed by atoms with Crippen LogP contribution in [0, 0.1) is 0 Å². The summed E-state index contributed by atoms with van der Waals surface area (Å²) in [5, 5.41) is 3.62. The molecule has 0 fully saturated rings. The maximum absolute atomic E-state index is 12.3. The van der Waals surface area contributed by atoms with Gasteiger partial charge in [-0.25, -0.2) is 0 Å². The highest BCUT2D eigenvalue weighted by Gasteiger charge is 2.16. The SMILES string of the molecule is COc1cc(NC(=O)C(C)Oc2cc(Cl)cc(Cl)c2)cc(OC)c1. The van der Waals surface area contributed by atoms with E-state index in [4.69, 9.17) is 37.4 Å². The lowest BCUT2D eigenvalue weighted by Gasteiger charge is -2.16.